The van der Waals surface area contributed by atoms with Crippen LogP contribution in [0.25, 0.3) is 0 Å². The number of hydrogen-bond acceptors (Lipinski definition) is 4. The number of anilines is 1. The molecule has 1 rings (SSSR count). The van der Waals surface area contributed by atoms with Gasteiger partial charge >= 0.3 is 0 Å². The molecule has 2 N–H and O–H groups in total. The lowest BCUT2D eigenvalue weighted by atomic mass is 10.3. The molecule has 4 nitrogen and oxygen atoms in total. The van der Waals surface area contributed by atoms with Gasteiger partial charge in [-0.2, -0.15) is 4.98 Å². The average Bonchev–Trinajstić information content (AvgIpc) is 2.13. The van der Waals surface area contributed by atoms with E-state index in [1.807, 2.05) is 0 Å². The molecule has 4 heteroatoms. The first-order valence-electron chi connectivity index (χ1n) is 4.12. The number of hydrogen-bond donors (Lipinski definition) is 1. The second-order valence-corrected chi connectivity index (χ2v) is 2.56. The van der Waals surface area contributed by atoms with Crippen molar-refractivity contribution in [1.82, 2.24) is 4.98 Å². The van der Waals surface area contributed by atoms with Crippen LogP contribution in [0.15, 0.2) is 18.2 Å². The molecule has 0 aromatic carbocycles. The van der Waals surface area contributed by atoms with Crippen LogP contribution in [0.2, 0.25) is 0 Å². The van der Waals surface area contributed by atoms with Crippen molar-refractivity contribution in [3.05, 3.63) is 18.2 Å². The van der Waals surface area contributed by atoms with Gasteiger partial charge in [0.15, 0.2) is 0 Å². The zero-order valence-electron chi connectivity index (χ0n) is 7.27. The highest BCUT2D eigenvalue weighted by atomic mass is 16.5. The fraction of sp³-hybridized carbons (Fsp3) is 0.333. The lowest BCUT2D eigenvalue weighted by molar-refractivity contribution is -0.108. The second kappa shape index (κ2) is 5.13. The third-order valence-corrected chi connectivity index (χ3v) is 1.46. The SMILES string of the molecule is Nc1cccc(OCCCC=O)n1. The fourth-order valence-electron chi connectivity index (χ4n) is 0.855. The molecule has 0 saturated heterocycles. The van der Waals surface area contributed by atoms with E-state index >= 15 is 0 Å². The molecule has 0 saturated carbocycles. The fourth-order valence-corrected chi connectivity index (χ4v) is 0.855. The summed E-state index contributed by atoms with van der Waals surface area (Å²) in [5.74, 6) is 0.943. The Kier molecular flexibility index (Phi) is 3.75. The van der Waals surface area contributed by atoms with Crippen molar-refractivity contribution in [3.63, 3.8) is 0 Å². The first kappa shape index (κ1) is 9.51. The standard InChI is InChI=1S/C9H12N2O2/c10-8-4-3-5-9(11-8)13-7-2-1-6-12/h3-6H,1-2,7H2,(H2,10,11). The number of pyridine rings is 1. The van der Waals surface area contributed by atoms with Crippen molar-refractivity contribution >= 4 is 12.1 Å². The van der Waals surface area contributed by atoms with Gasteiger partial charge in [0.25, 0.3) is 0 Å². The van der Waals surface area contributed by atoms with E-state index in [1.54, 1.807) is 18.2 Å². The minimum Gasteiger partial charge on any atom is -0.478 e. The van der Waals surface area contributed by atoms with Crippen LogP contribution in [-0.2, 0) is 4.79 Å². The van der Waals surface area contributed by atoms with Crippen molar-refractivity contribution in [1.29, 1.82) is 0 Å². The Balaban J connectivity index is 2.32. The molecule has 0 radical (unpaired) electrons. The number of nitrogens with two attached hydrogens (primary N) is 1. The van der Waals surface area contributed by atoms with Crippen LogP contribution in [0.3, 0.4) is 0 Å². The maximum absolute atomic E-state index is 9.98. The second-order valence-electron chi connectivity index (χ2n) is 2.56. The summed E-state index contributed by atoms with van der Waals surface area (Å²) in [6.07, 6.45) is 2.10. The summed E-state index contributed by atoms with van der Waals surface area (Å²) in [7, 11) is 0. The number of nitrogens with zero attached hydrogens (tertiary/aromatic N) is 1. The predicted octanol–water partition coefficient (Wildman–Crippen LogP) is 1.02. The van der Waals surface area contributed by atoms with Crippen molar-refractivity contribution in [2.75, 3.05) is 12.3 Å². The Hall–Kier alpha value is -1.58. The van der Waals surface area contributed by atoms with Crippen molar-refractivity contribution in [2.45, 2.75) is 12.8 Å². The number of unbranched alkanes of at least 4 members (excludes halogenated alkanes) is 1. The lowest BCUT2D eigenvalue weighted by Gasteiger charge is -2.03. The number of ether oxygens (including phenoxy) is 1. The van der Waals surface area contributed by atoms with Gasteiger partial charge in [-0.3, -0.25) is 0 Å². The molecule has 0 amide bonds. The molecule has 0 unspecified atom stereocenters. The zero-order chi connectivity index (χ0) is 9.52. The Bertz CT molecular complexity index is 276. The van der Waals surface area contributed by atoms with Gasteiger partial charge in [0.2, 0.25) is 5.88 Å². The van der Waals surface area contributed by atoms with Crippen LogP contribution < -0.4 is 10.5 Å². The molecular formula is C9H12N2O2. The van der Waals surface area contributed by atoms with Crippen LogP contribution in [0, 0.1) is 0 Å². The summed E-state index contributed by atoms with van der Waals surface area (Å²) < 4.78 is 5.24. The quantitative estimate of drug-likeness (QED) is 0.542. The summed E-state index contributed by atoms with van der Waals surface area (Å²) >= 11 is 0. The monoisotopic (exact) mass is 180 g/mol. The number of carbonyl (C=O) groups excluding carboxylic acids is 1. The molecule has 0 bridgehead atoms. The van der Waals surface area contributed by atoms with E-state index in [2.05, 4.69) is 4.98 Å². The van der Waals surface area contributed by atoms with Crippen LogP contribution in [0.1, 0.15) is 12.8 Å². The topological polar surface area (TPSA) is 65.2 Å². The minimum atomic E-state index is 0.438. The molecule has 1 aromatic rings. The van der Waals surface area contributed by atoms with E-state index < -0.39 is 0 Å². The summed E-state index contributed by atoms with van der Waals surface area (Å²) in [6, 6.07) is 5.20. The molecule has 0 spiro atoms. The first-order valence-corrected chi connectivity index (χ1v) is 4.12. The number of aldehydes is 1. The maximum atomic E-state index is 9.98. The highest BCUT2D eigenvalue weighted by Crippen LogP contribution is 2.08. The molecule has 0 aliphatic heterocycles. The van der Waals surface area contributed by atoms with E-state index in [1.165, 1.54) is 0 Å². The van der Waals surface area contributed by atoms with Crippen molar-refractivity contribution < 1.29 is 9.53 Å². The van der Waals surface area contributed by atoms with Crippen LogP contribution in [-0.4, -0.2) is 17.9 Å². The highest BCUT2D eigenvalue weighted by molar-refractivity contribution is 5.48. The predicted molar refractivity (Wildman–Crippen MR) is 49.4 cm³/mol. The van der Waals surface area contributed by atoms with E-state index in [0.717, 1.165) is 6.29 Å². The normalized spacial score (nSPS) is 9.54. The van der Waals surface area contributed by atoms with Crippen molar-refractivity contribution in [3.8, 4) is 5.88 Å². The number of nitrogen functional groups attached to an aromatic ring is 1. The van der Waals surface area contributed by atoms with Gasteiger partial charge in [-0.25, -0.2) is 0 Å². The largest absolute Gasteiger partial charge is 0.478 e. The Labute approximate surface area is 76.7 Å². The molecule has 0 atom stereocenters. The third kappa shape index (κ3) is 3.55. The van der Waals surface area contributed by atoms with E-state index in [0.29, 0.717) is 31.1 Å². The molecule has 1 heterocycles. The van der Waals surface area contributed by atoms with E-state index in [-0.39, 0.29) is 0 Å². The van der Waals surface area contributed by atoms with Crippen LogP contribution in [0.4, 0.5) is 5.82 Å². The number of aromatic nitrogens is 1. The zero-order valence-corrected chi connectivity index (χ0v) is 7.27. The molecule has 1 aromatic heterocycles. The first-order chi connectivity index (χ1) is 6.33. The van der Waals surface area contributed by atoms with Gasteiger partial charge in [-0.05, 0) is 12.5 Å². The Morgan fingerprint density at radius 3 is 3.08 bits per heavy atom. The Morgan fingerprint density at radius 1 is 1.54 bits per heavy atom. The molecule has 0 fully saturated rings. The third-order valence-electron chi connectivity index (χ3n) is 1.46. The summed E-state index contributed by atoms with van der Waals surface area (Å²) in [5.41, 5.74) is 5.44. The van der Waals surface area contributed by atoms with Crippen LogP contribution >= 0.6 is 0 Å². The average molecular weight is 180 g/mol. The molecule has 0 aliphatic carbocycles. The molecule has 0 aliphatic rings. The molecule has 70 valence electrons. The number of rotatable bonds is 5. The van der Waals surface area contributed by atoms with Gasteiger partial charge in [-0.15, -0.1) is 0 Å². The summed E-state index contributed by atoms with van der Waals surface area (Å²) in [6.45, 7) is 0.495. The molecule has 13 heavy (non-hydrogen) atoms. The van der Waals surface area contributed by atoms with Gasteiger partial charge in [0.05, 0.1) is 6.61 Å². The van der Waals surface area contributed by atoms with Gasteiger partial charge in [0, 0.05) is 12.5 Å². The Morgan fingerprint density at radius 2 is 2.38 bits per heavy atom. The summed E-state index contributed by atoms with van der Waals surface area (Å²) in [4.78, 5) is 13.9. The highest BCUT2D eigenvalue weighted by Gasteiger charge is 1.94. The minimum absolute atomic E-state index is 0.438. The van der Waals surface area contributed by atoms with Gasteiger partial charge in [0.1, 0.15) is 12.1 Å². The van der Waals surface area contributed by atoms with Crippen LogP contribution in [0.5, 0.6) is 5.88 Å². The number of carbonyl (C=O) groups is 1. The lowest BCUT2D eigenvalue weighted by Crippen LogP contribution is -2.00. The summed E-state index contributed by atoms with van der Waals surface area (Å²) in [5, 5.41) is 0. The van der Waals surface area contributed by atoms with E-state index in [9.17, 15) is 4.79 Å². The van der Waals surface area contributed by atoms with Gasteiger partial charge < -0.3 is 15.3 Å². The van der Waals surface area contributed by atoms with E-state index in [4.69, 9.17) is 10.5 Å². The maximum Gasteiger partial charge on any atom is 0.215 e. The van der Waals surface area contributed by atoms with Gasteiger partial charge in [-0.1, -0.05) is 6.07 Å². The van der Waals surface area contributed by atoms with Crippen molar-refractivity contribution in [2.24, 2.45) is 0 Å². The smallest absolute Gasteiger partial charge is 0.215 e. The molecular weight excluding hydrogens is 168 g/mol.